The van der Waals surface area contributed by atoms with Gasteiger partial charge in [-0.3, -0.25) is 9.48 Å². The van der Waals surface area contributed by atoms with Crippen molar-refractivity contribution in [2.45, 2.75) is 25.9 Å². The minimum Gasteiger partial charge on any atom is -0.331 e. The fraction of sp³-hybridized carbons (Fsp3) is 0.263. The molecule has 3 heterocycles. The number of rotatable bonds is 3. The third kappa shape index (κ3) is 2.76. The Labute approximate surface area is 145 Å². The second-order valence-electron chi connectivity index (χ2n) is 6.12. The van der Waals surface area contributed by atoms with E-state index in [9.17, 15) is 4.79 Å². The van der Waals surface area contributed by atoms with Crippen molar-refractivity contribution < 1.29 is 4.79 Å². The summed E-state index contributed by atoms with van der Waals surface area (Å²) in [6, 6.07) is 12.1. The molecule has 0 radical (unpaired) electrons. The van der Waals surface area contributed by atoms with Crippen molar-refractivity contribution in [1.82, 2.24) is 14.7 Å². The molecule has 0 fully saturated rings. The topological polar surface area (TPSA) is 38.1 Å². The molecule has 0 aliphatic carbocycles. The summed E-state index contributed by atoms with van der Waals surface area (Å²) in [6.45, 7) is 3.64. The van der Waals surface area contributed by atoms with Gasteiger partial charge in [-0.2, -0.15) is 5.10 Å². The average molecular weight is 337 g/mol. The van der Waals surface area contributed by atoms with E-state index in [0.717, 1.165) is 30.6 Å². The maximum Gasteiger partial charge on any atom is 0.254 e. The lowest BCUT2D eigenvalue weighted by Crippen LogP contribution is -2.38. The molecule has 5 heteroatoms. The van der Waals surface area contributed by atoms with Crippen molar-refractivity contribution in [2.75, 3.05) is 6.54 Å². The van der Waals surface area contributed by atoms with Crippen LogP contribution in [0.3, 0.4) is 0 Å². The van der Waals surface area contributed by atoms with Crippen LogP contribution in [-0.2, 0) is 13.0 Å². The molecule has 0 spiro atoms. The quantitative estimate of drug-likeness (QED) is 0.730. The van der Waals surface area contributed by atoms with Crippen LogP contribution in [0.25, 0.3) is 0 Å². The van der Waals surface area contributed by atoms with E-state index < -0.39 is 0 Å². The summed E-state index contributed by atoms with van der Waals surface area (Å²) < 4.78 is 1.88. The Morgan fingerprint density at radius 3 is 2.88 bits per heavy atom. The molecule has 1 aliphatic heterocycles. The molecule has 0 bridgehead atoms. The third-order valence-corrected chi connectivity index (χ3v) is 5.64. The third-order valence-electron chi connectivity index (χ3n) is 4.64. The summed E-state index contributed by atoms with van der Waals surface area (Å²) >= 11 is 1.80. The molecular weight excluding hydrogens is 318 g/mol. The van der Waals surface area contributed by atoms with Crippen LogP contribution >= 0.6 is 11.3 Å². The Balaban J connectivity index is 1.50. The SMILES string of the molecule is C[C@H]1c2ccsc2CCN1C(=O)c1ccc(Cn2cccn2)cc1. The molecule has 4 rings (SSSR count). The van der Waals surface area contributed by atoms with Crippen molar-refractivity contribution in [3.8, 4) is 0 Å². The van der Waals surface area contributed by atoms with Crippen LogP contribution in [0.4, 0.5) is 0 Å². The van der Waals surface area contributed by atoms with E-state index in [0.29, 0.717) is 0 Å². The molecule has 1 aliphatic rings. The first-order valence-corrected chi connectivity index (χ1v) is 9.04. The highest BCUT2D eigenvalue weighted by molar-refractivity contribution is 7.10. The Bertz CT molecular complexity index is 836. The highest BCUT2D eigenvalue weighted by Gasteiger charge is 2.28. The van der Waals surface area contributed by atoms with E-state index in [1.54, 1.807) is 17.5 Å². The van der Waals surface area contributed by atoms with E-state index in [-0.39, 0.29) is 11.9 Å². The van der Waals surface area contributed by atoms with Gasteiger partial charge in [-0.15, -0.1) is 11.3 Å². The standard InChI is InChI=1S/C19H19N3OS/c1-14-17-8-12-24-18(17)7-11-22(14)19(23)16-5-3-15(4-6-16)13-21-10-2-9-20-21/h2-6,8-10,12,14H,7,11,13H2,1H3/t14-/m0/s1. The normalized spacial score (nSPS) is 16.9. The van der Waals surface area contributed by atoms with Gasteiger partial charge in [0.25, 0.3) is 5.91 Å². The number of thiophene rings is 1. The summed E-state index contributed by atoms with van der Waals surface area (Å²) in [6.07, 6.45) is 4.67. The monoisotopic (exact) mass is 337 g/mol. The van der Waals surface area contributed by atoms with Crippen LogP contribution in [0.2, 0.25) is 0 Å². The van der Waals surface area contributed by atoms with Crippen molar-refractivity contribution in [2.24, 2.45) is 0 Å². The van der Waals surface area contributed by atoms with Crippen LogP contribution in [0.1, 0.15) is 39.3 Å². The van der Waals surface area contributed by atoms with Crippen molar-refractivity contribution in [3.63, 3.8) is 0 Å². The molecule has 3 aromatic rings. The van der Waals surface area contributed by atoms with Gasteiger partial charge in [0.05, 0.1) is 12.6 Å². The first-order chi connectivity index (χ1) is 11.7. The van der Waals surface area contributed by atoms with Gasteiger partial charge in [0.15, 0.2) is 0 Å². The van der Waals surface area contributed by atoms with Crippen LogP contribution in [0, 0.1) is 0 Å². The number of carbonyl (C=O) groups excluding carboxylic acids is 1. The van der Waals surface area contributed by atoms with E-state index in [1.807, 2.05) is 46.1 Å². The van der Waals surface area contributed by atoms with E-state index in [2.05, 4.69) is 23.5 Å². The van der Waals surface area contributed by atoms with Crippen molar-refractivity contribution in [3.05, 3.63) is 75.7 Å². The number of amides is 1. The Morgan fingerprint density at radius 1 is 1.29 bits per heavy atom. The van der Waals surface area contributed by atoms with Gasteiger partial charge in [-0.05, 0) is 54.1 Å². The first-order valence-electron chi connectivity index (χ1n) is 8.16. The zero-order chi connectivity index (χ0) is 16.5. The Morgan fingerprint density at radius 2 is 2.12 bits per heavy atom. The molecule has 24 heavy (non-hydrogen) atoms. The van der Waals surface area contributed by atoms with Gasteiger partial charge in [0.2, 0.25) is 0 Å². The molecule has 2 aromatic heterocycles. The summed E-state index contributed by atoms with van der Waals surface area (Å²) in [4.78, 5) is 16.3. The lowest BCUT2D eigenvalue weighted by Gasteiger charge is -2.33. The highest BCUT2D eigenvalue weighted by atomic mass is 32.1. The first kappa shape index (κ1) is 15.1. The largest absolute Gasteiger partial charge is 0.331 e. The molecule has 0 unspecified atom stereocenters. The number of hydrogen-bond donors (Lipinski definition) is 0. The summed E-state index contributed by atoms with van der Waals surface area (Å²) in [5.74, 6) is 0.116. The molecule has 122 valence electrons. The average Bonchev–Trinajstić information content (AvgIpc) is 3.27. The van der Waals surface area contributed by atoms with Crippen LogP contribution in [0.15, 0.2) is 54.2 Å². The number of aromatic nitrogens is 2. The lowest BCUT2D eigenvalue weighted by molar-refractivity contribution is 0.0679. The van der Waals surface area contributed by atoms with Gasteiger partial charge in [0, 0.05) is 29.4 Å². The second-order valence-corrected chi connectivity index (χ2v) is 7.12. The lowest BCUT2D eigenvalue weighted by atomic mass is 10.00. The zero-order valence-electron chi connectivity index (χ0n) is 13.6. The van der Waals surface area contributed by atoms with Crippen molar-refractivity contribution in [1.29, 1.82) is 0 Å². The minimum absolute atomic E-state index is 0.116. The van der Waals surface area contributed by atoms with Crippen LogP contribution in [-0.4, -0.2) is 27.1 Å². The predicted molar refractivity (Wildman–Crippen MR) is 95.2 cm³/mol. The molecule has 0 N–H and O–H groups in total. The molecule has 0 saturated heterocycles. The zero-order valence-corrected chi connectivity index (χ0v) is 14.4. The number of carbonyl (C=O) groups is 1. The molecule has 1 amide bonds. The molecule has 1 aromatic carbocycles. The number of benzene rings is 1. The van der Waals surface area contributed by atoms with Crippen LogP contribution < -0.4 is 0 Å². The minimum atomic E-state index is 0.116. The van der Waals surface area contributed by atoms with E-state index in [1.165, 1.54) is 10.4 Å². The number of fused-ring (bicyclic) bond motifs is 1. The maximum atomic E-state index is 12.9. The smallest absolute Gasteiger partial charge is 0.254 e. The summed E-state index contributed by atoms with van der Waals surface area (Å²) in [5, 5.41) is 6.34. The Hall–Kier alpha value is -2.40. The van der Waals surface area contributed by atoms with Gasteiger partial charge in [-0.25, -0.2) is 0 Å². The van der Waals surface area contributed by atoms with Crippen molar-refractivity contribution >= 4 is 17.2 Å². The summed E-state index contributed by atoms with van der Waals surface area (Å²) in [5.41, 5.74) is 3.20. The predicted octanol–water partition coefficient (Wildman–Crippen LogP) is 3.75. The summed E-state index contributed by atoms with van der Waals surface area (Å²) in [7, 11) is 0. The fourth-order valence-electron chi connectivity index (χ4n) is 3.29. The second kappa shape index (κ2) is 6.24. The molecule has 1 atom stereocenters. The van der Waals surface area contributed by atoms with Crippen LogP contribution in [0.5, 0.6) is 0 Å². The van der Waals surface area contributed by atoms with Gasteiger partial charge in [-0.1, -0.05) is 12.1 Å². The molecular formula is C19H19N3OS. The van der Waals surface area contributed by atoms with Gasteiger partial charge < -0.3 is 4.90 Å². The number of hydrogen-bond acceptors (Lipinski definition) is 3. The van der Waals surface area contributed by atoms with E-state index >= 15 is 0 Å². The van der Waals surface area contributed by atoms with Gasteiger partial charge in [0.1, 0.15) is 0 Å². The maximum absolute atomic E-state index is 12.9. The number of nitrogens with zero attached hydrogens (tertiary/aromatic N) is 3. The van der Waals surface area contributed by atoms with E-state index in [4.69, 9.17) is 0 Å². The molecule has 4 nitrogen and oxygen atoms in total. The fourth-order valence-corrected chi connectivity index (χ4v) is 4.25. The molecule has 0 saturated carbocycles. The van der Waals surface area contributed by atoms with Gasteiger partial charge >= 0.3 is 0 Å². The highest BCUT2D eigenvalue weighted by Crippen LogP contribution is 2.33. The Kier molecular flexibility index (Phi) is 3.94.